The molecule has 3 heteroatoms. The number of rotatable bonds is 4. The molecule has 0 spiro atoms. The molecular formula is C14H19FN2. The van der Waals surface area contributed by atoms with E-state index in [0.717, 1.165) is 25.2 Å². The third kappa shape index (κ3) is 2.35. The normalized spacial score (nSPS) is 26.1. The van der Waals surface area contributed by atoms with Gasteiger partial charge in [-0.2, -0.15) is 0 Å². The molecule has 1 atom stereocenters. The molecule has 0 bridgehead atoms. The highest BCUT2D eigenvalue weighted by molar-refractivity contribution is 5.32. The van der Waals surface area contributed by atoms with Gasteiger partial charge in [-0.15, -0.1) is 0 Å². The largest absolute Gasteiger partial charge is 0.315 e. The summed E-state index contributed by atoms with van der Waals surface area (Å²) < 4.78 is 13.2. The SMILES string of the molecule is Fc1cccc(C2(CNC3CCNC3)CC2)c1. The second kappa shape index (κ2) is 4.39. The standard InChI is InChI=1S/C14H19FN2/c15-12-3-1-2-11(8-12)14(5-6-14)10-17-13-4-7-16-9-13/h1-3,8,13,16-17H,4-7,9-10H2. The molecule has 1 saturated heterocycles. The maximum Gasteiger partial charge on any atom is 0.123 e. The number of halogens is 1. The fourth-order valence-corrected chi connectivity index (χ4v) is 2.71. The number of benzene rings is 1. The van der Waals surface area contributed by atoms with Gasteiger partial charge in [-0.05, 0) is 43.5 Å². The Bertz CT molecular complexity index is 395. The fourth-order valence-electron chi connectivity index (χ4n) is 2.71. The van der Waals surface area contributed by atoms with Gasteiger partial charge in [0, 0.05) is 24.5 Å². The Morgan fingerprint density at radius 1 is 1.41 bits per heavy atom. The van der Waals surface area contributed by atoms with Crippen LogP contribution in [0.3, 0.4) is 0 Å². The van der Waals surface area contributed by atoms with Gasteiger partial charge < -0.3 is 10.6 Å². The summed E-state index contributed by atoms with van der Waals surface area (Å²) in [4.78, 5) is 0. The summed E-state index contributed by atoms with van der Waals surface area (Å²) in [5.41, 5.74) is 1.38. The molecule has 1 aromatic carbocycles. The van der Waals surface area contributed by atoms with Gasteiger partial charge in [-0.1, -0.05) is 12.1 Å². The minimum Gasteiger partial charge on any atom is -0.315 e. The van der Waals surface area contributed by atoms with Gasteiger partial charge >= 0.3 is 0 Å². The summed E-state index contributed by atoms with van der Waals surface area (Å²) in [6, 6.07) is 7.70. The van der Waals surface area contributed by atoms with Crippen molar-refractivity contribution in [2.75, 3.05) is 19.6 Å². The molecule has 0 radical (unpaired) electrons. The van der Waals surface area contributed by atoms with Crippen LogP contribution in [0.5, 0.6) is 0 Å². The van der Waals surface area contributed by atoms with E-state index in [0.29, 0.717) is 6.04 Å². The molecule has 1 saturated carbocycles. The lowest BCUT2D eigenvalue weighted by molar-refractivity contribution is 0.493. The molecule has 1 aliphatic carbocycles. The molecule has 3 rings (SSSR count). The molecule has 0 amide bonds. The quantitative estimate of drug-likeness (QED) is 0.830. The molecule has 17 heavy (non-hydrogen) atoms. The molecule has 2 N–H and O–H groups in total. The summed E-state index contributed by atoms with van der Waals surface area (Å²) in [5, 5.41) is 6.97. The Kier molecular flexibility index (Phi) is 2.89. The van der Waals surface area contributed by atoms with Crippen molar-refractivity contribution >= 4 is 0 Å². The Morgan fingerprint density at radius 3 is 2.94 bits per heavy atom. The monoisotopic (exact) mass is 234 g/mol. The van der Waals surface area contributed by atoms with Crippen LogP contribution >= 0.6 is 0 Å². The van der Waals surface area contributed by atoms with E-state index in [9.17, 15) is 4.39 Å². The van der Waals surface area contributed by atoms with Gasteiger partial charge in [0.25, 0.3) is 0 Å². The van der Waals surface area contributed by atoms with Crippen LogP contribution < -0.4 is 10.6 Å². The van der Waals surface area contributed by atoms with Crippen LogP contribution in [-0.4, -0.2) is 25.7 Å². The smallest absolute Gasteiger partial charge is 0.123 e. The van der Waals surface area contributed by atoms with Crippen LogP contribution in [0.2, 0.25) is 0 Å². The van der Waals surface area contributed by atoms with Crippen LogP contribution in [0.1, 0.15) is 24.8 Å². The summed E-state index contributed by atoms with van der Waals surface area (Å²) in [7, 11) is 0. The molecule has 1 unspecified atom stereocenters. The van der Waals surface area contributed by atoms with E-state index in [1.807, 2.05) is 6.07 Å². The van der Waals surface area contributed by atoms with Crippen molar-refractivity contribution in [3.63, 3.8) is 0 Å². The van der Waals surface area contributed by atoms with Crippen molar-refractivity contribution in [2.45, 2.75) is 30.7 Å². The molecular weight excluding hydrogens is 215 g/mol. The molecule has 2 nitrogen and oxygen atoms in total. The Hall–Kier alpha value is -0.930. The third-order valence-electron chi connectivity index (χ3n) is 4.08. The minimum atomic E-state index is -0.115. The first-order chi connectivity index (χ1) is 8.28. The highest BCUT2D eigenvalue weighted by atomic mass is 19.1. The molecule has 1 aliphatic heterocycles. The first-order valence-corrected chi connectivity index (χ1v) is 6.49. The average molecular weight is 234 g/mol. The minimum absolute atomic E-state index is 0.115. The fraction of sp³-hybridized carbons (Fsp3) is 0.571. The van der Waals surface area contributed by atoms with Crippen molar-refractivity contribution in [1.29, 1.82) is 0 Å². The van der Waals surface area contributed by atoms with Crippen molar-refractivity contribution in [3.05, 3.63) is 35.6 Å². The Balaban J connectivity index is 1.65. The first kappa shape index (κ1) is 11.2. The lowest BCUT2D eigenvalue weighted by atomic mass is 9.95. The average Bonchev–Trinajstić information content (AvgIpc) is 2.95. The molecule has 1 aromatic rings. The van der Waals surface area contributed by atoms with Gasteiger partial charge in [0.05, 0.1) is 0 Å². The van der Waals surface area contributed by atoms with Crippen molar-refractivity contribution in [3.8, 4) is 0 Å². The summed E-state index contributed by atoms with van der Waals surface area (Å²) >= 11 is 0. The van der Waals surface area contributed by atoms with Crippen LogP contribution in [0, 0.1) is 5.82 Å². The van der Waals surface area contributed by atoms with Crippen LogP contribution in [0.25, 0.3) is 0 Å². The summed E-state index contributed by atoms with van der Waals surface area (Å²) in [5.74, 6) is -0.115. The predicted molar refractivity (Wildman–Crippen MR) is 66.6 cm³/mol. The van der Waals surface area contributed by atoms with E-state index in [4.69, 9.17) is 0 Å². The van der Waals surface area contributed by atoms with Gasteiger partial charge in [0.1, 0.15) is 5.82 Å². The van der Waals surface area contributed by atoms with Crippen LogP contribution in [-0.2, 0) is 5.41 Å². The Morgan fingerprint density at radius 2 is 2.29 bits per heavy atom. The van der Waals surface area contributed by atoms with Crippen LogP contribution in [0.15, 0.2) is 24.3 Å². The summed E-state index contributed by atoms with van der Waals surface area (Å²) in [6.07, 6.45) is 3.58. The van der Waals surface area contributed by atoms with Crippen molar-refractivity contribution in [2.24, 2.45) is 0 Å². The second-order valence-corrected chi connectivity index (χ2v) is 5.36. The Labute approximate surface area is 102 Å². The second-order valence-electron chi connectivity index (χ2n) is 5.36. The topological polar surface area (TPSA) is 24.1 Å². The molecule has 0 aromatic heterocycles. The van der Waals surface area contributed by atoms with Gasteiger partial charge in [0.2, 0.25) is 0 Å². The lowest BCUT2D eigenvalue weighted by Gasteiger charge is -2.19. The van der Waals surface area contributed by atoms with Crippen molar-refractivity contribution in [1.82, 2.24) is 10.6 Å². The number of nitrogens with one attached hydrogen (secondary N) is 2. The number of hydrogen-bond acceptors (Lipinski definition) is 2. The number of hydrogen-bond donors (Lipinski definition) is 2. The maximum absolute atomic E-state index is 13.2. The highest BCUT2D eigenvalue weighted by Crippen LogP contribution is 2.47. The molecule has 92 valence electrons. The van der Waals surface area contributed by atoms with E-state index in [-0.39, 0.29) is 11.2 Å². The third-order valence-corrected chi connectivity index (χ3v) is 4.08. The highest BCUT2D eigenvalue weighted by Gasteiger charge is 2.44. The molecule has 1 heterocycles. The zero-order valence-corrected chi connectivity index (χ0v) is 10.0. The van der Waals surface area contributed by atoms with E-state index in [1.54, 1.807) is 6.07 Å². The van der Waals surface area contributed by atoms with Crippen LogP contribution in [0.4, 0.5) is 4.39 Å². The molecule has 2 fully saturated rings. The predicted octanol–water partition coefficient (Wildman–Crippen LogP) is 1.81. The maximum atomic E-state index is 13.2. The lowest BCUT2D eigenvalue weighted by Crippen LogP contribution is -2.37. The van der Waals surface area contributed by atoms with E-state index >= 15 is 0 Å². The van der Waals surface area contributed by atoms with E-state index in [1.165, 1.54) is 25.3 Å². The molecule has 2 aliphatic rings. The zero-order chi connectivity index (χ0) is 11.7. The van der Waals surface area contributed by atoms with Crippen molar-refractivity contribution < 1.29 is 4.39 Å². The first-order valence-electron chi connectivity index (χ1n) is 6.49. The van der Waals surface area contributed by atoms with E-state index < -0.39 is 0 Å². The van der Waals surface area contributed by atoms with E-state index in [2.05, 4.69) is 16.7 Å². The van der Waals surface area contributed by atoms with Gasteiger partial charge in [0.15, 0.2) is 0 Å². The van der Waals surface area contributed by atoms with Gasteiger partial charge in [-0.3, -0.25) is 0 Å². The summed E-state index contributed by atoms with van der Waals surface area (Å²) in [6.45, 7) is 3.17. The van der Waals surface area contributed by atoms with Gasteiger partial charge in [-0.25, -0.2) is 4.39 Å². The zero-order valence-electron chi connectivity index (χ0n) is 10.0.